The second-order valence-corrected chi connectivity index (χ2v) is 6.01. The molecule has 0 saturated carbocycles. The highest BCUT2D eigenvalue weighted by molar-refractivity contribution is 7.89. The molecule has 1 saturated heterocycles. The molecule has 2 heterocycles. The summed E-state index contributed by atoms with van der Waals surface area (Å²) in [6, 6.07) is 3.71. The summed E-state index contributed by atoms with van der Waals surface area (Å²) in [4.78, 5) is 2.96. The first kappa shape index (κ1) is 11.6. The minimum atomic E-state index is -3.15. The molecule has 2 rings (SSSR count). The number of aromatic nitrogens is 1. The van der Waals surface area contributed by atoms with Gasteiger partial charge in [0, 0.05) is 11.9 Å². The topological polar surface area (TPSA) is 74.0 Å². The first-order valence-electron chi connectivity index (χ1n) is 5.46. The molecule has 0 aliphatic carbocycles. The Labute approximate surface area is 95.7 Å². The second kappa shape index (κ2) is 4.99. The Hall–Kier alpha value is -0.850. The van der Waals surface area contributed by atoms with Gasteiger partial charge in [-0.05, 0) is 37.6 Å². The average molecular weight is 243 g/mol. The quantitative estimate of drug-likeness (QED) is 0.684. The minimum Gasteiger partial charge on any atom is -0.364 e. The third kappa shape index (κ3) is 3.33. The highest BCUT2D eigenvalue weighted by Gasteiger charge is 2.21. The molecule has 90 valence electrons. The molecular weight excluding hydrogens is 226 g/mol. The van der Waals surface area contributed by atoms with Crippen molar-refractivity contribution in [2.45, 2.75) is 13.0 Å². The fourth-order valence-electron chi connectivity index (χ4n) is 1.89. The number of nitrogens with one attached hydrogen (secondary N) is 3. The van der Waals surface area contributed by atoms with Gasteiger partial charge in [0.2, 0.25) is 10.0 Å². The van der Waals surface area contributed by atoms with Crippen molar-refractivity contribution < 1.29 is 8.42 Å². The van der Waals surface area contributed by atoms with Gasteiger partial charge in [-0.1, -0.05) is 0 Å². The van der Waals surface area contributed by atoms with Crippen molar-refractivity contribution in [3.8, 4) is 0 Å². The summed E-state index contributed by atoms with van der Waals surface area (Å²) in [5.41, 5.74) is 0.883. The number of sulfonamides is 1. The maximum atomic E-state index is 11.7. The van der Waals surface area contributed by atoms with E-state index in [1.54, 1.807) is 6.20 Å². The molecule has 1 atom stereocenters. The van der Waals surface area contributed by atoms with Crippen LogP contribution in [0.4, 0.5) is 0 Å². The van der Waals surface area contributed by atoms with Gasteiger partial charge in [0.1, 0.15) is 0 Å². The Balaban J connectivity index is 1.82. The maximum absolute atomic E-state index is 11.7. The van der Waals surface area contributed by atoms with E-state index in [1.165, 1.54) is 0 Å². The monoisotopic (exact) mass is 243 g/mol. The molecule has 0 bridgehead atoms. The predicted octanol–water partition coefficient (Wildman–Crippen LogP) is 0.0436. The van der Waals surface area contributed by atoms with Crippen molar-refractivity contribution in [1.82, 2.24) is 15.0 Å². The first-order valence-corrected chi connectivity index (χ1v) is 7.11. The summed E-state index contributed by atoms with van der Waals surface area (Å²) >= 11 is 0. The first-order chi connectivity index (χ1) is 7.66. The molecular formula is C10H17N3O2S. The van der Waals surface area contributed by atoms with Gasteiger partial charge in [-0.15, -0.1) is 0 Å². The van der Waals surface area contributed by atoms with E-state index < -0.39 is 10.0 Å². The smallest absolute Gasteiger partial charge is 0.212 e. The average Bonchev–Trinajstić information content (AvgIpc) is 2.85. The van der Waals surface area contributed by atoms with E-state index in [4.69, 9.17) is 0 Å². The molecule has 0 spiro atoms. The largest absolute Gasteiger partial charge is 0.364 e. The molecule has 1 unspecified atom stereocenters. The summed E-state index contributed by atoms with van der Waals surface area (Å²) in [7, 11) is -3.15. The van der Waals surface area contributed by atoms with Gasteiger partial charge in [0.05, 0.1) is 12.3 Å². The molecule has 1 aromatic heterocycles. The maximum Gasteiger partial charge on any atom is 0.212 e. The molecule has 1 aliphatic heterocycles. The lowest BCUT2D eigenvalue weighted by molar-refractivity contribution is 0.557. The Morgan fingerprint density at radius 1 is 1.50 bits per heavy atom. The highest BCUT2D eigenvalue weighted by atomic mass is 32.2. The van der Waals surface area contributed by atoms with Gasteiger partial charge in [-0.25, -0.2) is 13.1 Å². The number of hydrogen-bond donors (Lipinski definition) is 3. The lowest BCUT2D eigenvalue weighted by atomic mass is 10.2. The Morgan fingerprint density at radius 3 is 3.00 bits per heavy atom. The van der Waals surface area contributed by atoms with Crippen LogP contribution < -0.4 is 10.0 Å². The molecule has 3 N–H and O–H groups in total. The zero-order chi connectivity index (χ0) is 11.4. The summed E-state index contributed by atoms with van der Waals surface area (Å²) in [6.45, 7) is 2.08. The van der Waals surface area contributed by atoms with Crippen molar-refractivity contribution in [2.75, 3.05) is 18.8 Å². The van der Waals surface area contributed by atoms with Crippen molar-refractivity contribution >= 4 is 10.0 Å². The third-order valence-electron chi connectivity index (χ3n) is 2.76. The van der Waals surface area contributed by atoms with Crippen LogP contribution in [0.5, 0.6) is 0 Å². The van der Waals surface area contributed by atoms with Gasteiger partial charge < -0.3 is 10.3 Å². The van der Waals surface area contributed by atoms with Gasteiger partial charge in [-0.2, -0.15) is 0 Å². The van der Waals surface area contributed by atoms with Gasteiger partial charge in [0.25, 0.3) is 0 Å². The van der Waals surface area contributed by atoms with Crippen molar-refractivity contribution in [2.24, 2.45) is 5.92 Å². The van der Waals surface area contributed by atoms with E-state index in [0.717, 1.165) is 25.2 Å². The zero-order valence-corrected chi connectivity index (χ0v) is 9.89. The SMILES string of the molecule is O=S(=O)(CC1CCNC1)NCc1ccc[nH]1. The lowest BCUT2D eigenvalue weighted by Crippen LogP contribution is -2.30. The molecule has 0 amide bonds. The molecule has 16 heavy (non-hydrogen) atoms. The van der Waals surface area contributed by atoms with E-state index in [9.17, 15) is 8.42 Å². The van der Waals surface area contributed by atoms with Gasteiger partial charge in [0.15, 0.2) is 0 Å². The fourth-order valence-corrected chi connectivity index (χ4v) is 3.29. The zero-order valence-electron chi connectivity index (χ0n) is 9.07. The van der Waals surface area contributed by atoms with Crippen LogP contribution in [0.2, 0.25) is 0 Å². The van der Waals surface area contributed by atoms with Crippen molar-refractivity contribution in [3.05, 3.63) is 24.0 Å². The summed E-state index contributed by atoms with van der Waals surface area (Å²) < 4.78 is 26.1. The minimum absolute atomic E-state index is 0.223. The summed E-state index contributed by atoms with van der Waals surface area (Å²) in [5.74, 6) is 0.474. The molecule has 1 fully saturated rings. The predicted molar refractivity (Wildman–Crippen MR) is 62.4 cm³/mol. The molecule has 1 aromatic rings. The number of H-pyrrole nitrogens is 1. The summed E-state index contributed by atoms with van der Waals surface area (Å²) in [5, 5.41) is 3.17. The Bertz CT molecular complexity index is 407. The van der Waals surface area contributed by atoms with E-state index in [0.29, 0.717) is 6.54 Å². The Kier molecular flexibility index (Phi) is 3.63. The van der Waals surface area contributed by atoms with Gasteiger partial charge in [-0.3, -0.25) is 0 Å². The molecule has 5 nitrogen and oxygen atoms in total. The normalized spacial score (nSPS) is 21.4. The lowest BCUT2D eigenvalue weighted by Gasteiger charge is -2.09. The van der Waals surface area contributed by atoms with Gasteiger partial charge >= 0.3 is 0 Å². The van der Waals surface area contributed by atoms with Crippen LogP contribution in [0.25, 0.3) is 0 Å². The highest BCUT2D eigenvalue weighted by Crippen LogP contribution is 2.10. The van der Waals surface area contributed by atoms with Crippen molar-refractivity contribution in [3.63, 3.8) is 0 Å². The molecule has 0 radical (unpaired) electrons. The number of rotatable bonds is 5. The van der Waals surface area contributed by atoms with Crippen LogP contribution in [0.3, 0.4) is 0 Å². The van der Waals surface area contributed by atoms with E-state index in [2.05, 4.69) is 15.0 Å². The van der Waals surface area contributed by atoms with Crippen LogP contribution in [0, 0.1) is 5.92 Å². The van der Waals surface area contributed by atoms with Crippen LogP contribution in [-0.2, 0) is 16.6 Å². The molecule has 6 heteroatoms. The van der Waals surface area contributed by atoms with E-state index in [1.807, 2.05) is 12.1 Å². The number of hydrogen-bond acceptors (Lipinski definition) is 3. The van der Waals surface area contributed by atoms with Crippen LogP contribution >= 0.6 is 0 Å². The van der Waals surface area contributed by atoms with Crippen molar-refractivity contribution in [1.29, 1.82) is 0 Å². The van der Waals surface area contributed by atoms with Crippen LogP contribution in [0.15, 0.2) is 18.3 Å². The van der Waals surface area contributed by atoms with E-state index in [-0.39, 0.29) is 11.7 Å². The number of aromatic amines is 1. The molecule has 1 aliphatic rings. The van der Waals surface area contributed by atoms with Crippen LogP contribution in [-0.4, -0.2) is 32.2 Å². The van der Waals surface area contributed by atoms with E-state index >= 15 is 0 Å². The second-order valence-electron chi connectivity index (χ2n) is 4.16. The third-order valence-corrected chi connectivity index (χ3v) is 4.26. The standard InChI is InChI=1S/C10H17N3O2S/c14-16(15,8-9-3-5-11-6-9)13-7-10-2-1-4-12-10/h1-2,4,9,11-13H,3,5-8H2. The molecule has 0 aromatic carbocycles. The fraction of sp³-hybridized carbons (Fsp3) is 0.600. The Morgan fingerprint density at radius 2 is 2.38 bits per heavy atom. The summed E-state index contributed by atoms with van der Waals surface area (Å²) in [6.07, 6.45) is 2.73. The van der Waals surface area contributed by atoms with Crippen LogP contribution in [0.1, 0.15) is 12.1 Å².